The Morgan fingerprint density at radius 2 is 2.39 bits per heavy atom. The maximum atomic E-state index is 6.37. The third-order valence-corrected chi connectivity index (χ3v) is 4.69. The second-order valence-electron chi connectivity index (χ2n) is 6.51. The molecule has 0 amide bonds. The molecule has 100 valence electrons. The molecule has 3 atom stereocenters. The molecule has 18 heavy (non-hydrogen) atoms. The van der Waals surface area contributed by atoms with Crippen molar-refractivity contribution in [3.63, 3.8) is 0 Å². The molecule has 1 saturated carbocycles. The Hall–Kier alpha value is -0.870. The Morgan fingerprint density at radius 3 is 3.00 bits per heavy atom. The number of imidazole rings is 1. The number of hydrogen-bond donors (Lipinski definition) is 1. The van der Waals surface area contributed by atoms with Crippen molar-refractivity contribution in [1.82, 2.24) is 9.55 Å². The van der Waals surface area contributed by atoms with Gasteiger partial charge >= 0.3 is 0 Å². The third-order valence-electron chi connectivity index (χ3n) is 4.69. The zero-order valence-electron chi connectivity index (χ0n) is 11.3. The van der Waals surface area contributed by atoms with Crippen LogP contribution in [0.5, 0.6) is 0 Å². The van der Waals surface area contributed by atoms with Crippen molar-refractivity contribution in [3.8, 4) is 0 Å². The summed E-state index contributed by atoms with van der Waals surface area (Å²) in [5.41, 5.74) is 8.04. The molecule has 1 aromatic rings. The molecule has 2 fully saturated rings. The molecule has 0 aromatic carbocycles. The molecule has 2 aliphatic rings. The van der Waals surface area contributed by atoms with Gasteiger partial charge in [0, 0.05) is 25.3 Å². The highest BCUT2D eigenvalue weighted by Gasteiger charge is 2.45. The van der Waals surface area contributed by atoms with Gasteiger partial charge in [0.2, 0.25) is 0 Å². The SMILES string of the molecule is CC1(C)CC1Cn1cncc1C(N)C1CCOC1. The largest absolute Gasteiger partial charge is 0.381 e. The van der Waals surface area contributed by atoms with E-state index in [1.807, 2.05) is 12.5 Å². The quantitative estimate of drug-likeness (QED) is 0.887. The van der Waals surface area contributed by atoms with Crippen LogP contribution >= 0.6 is 0 Å². The fourth-order valence-electron chi connectivity index (χ4n) is 2.96. The molecule has 0 radical (unpaired) electrons. The van der Waals surface area contributed by atoms with E-state index >= 15 is 0 Å². The summed E-state index contributed by atoms with van der Waals surface area (Å²) in [5, 5.41) is 0. The number of nitrogens with two attached hydrogens (primary N) is 1. The molecule has 4 heteroatoms. The predicted molar refractivity (Wildman–Crippen MR) is 70.0 cm³/mol. The maximum absolute atomic E-state index is 6.37. The predicted octanol–water partition coefficient (Wildman–Crippen LogP) is 1.97. The Morgan fingerprint density at radius 1 is 1.61 bits per heavy atom. The van der Waals surface area contributed by atoms with Crippen LogP contribution in [0.1, 0.15) is 38.4 Å². The van der Waals surface area contributed by atoms with E-state index in [9.17, 15) is 0 Å². The summed E-state index contributed by atoms with van der Waals surface area (Å²) in [7, 11) is 0. The van der Waals surface area contributed by atoms with E-state index in [0.717, 1.165) is 32.1 Å². The molecule has 1 saturated heterocycles. The minimum absolute atomic E-state index is 0.0665. The lowest BCUT2D eigenvalue weighted by Gasteiger charge is -2.19. The van der Waals surface area contributed by atoms with Gasteiger partial charge in [0.1, 0.15) is 0 Å². The minimum Gasteiger partial charge on any atom is -0.381 e. The van der Waals surface area contributed by atoms with Crippen LogP contribution in [0.25, 0.3) is 0 Å². The van der Waals surface area contributed by atoms with Gasteiger partial charge in [0.25, 0.3) is 0 Å². The van der Waals surface area contributed by atoms with E-state index in [0.29, 0.717) is 11.3 Å². The van der Waals surface area contributed by atoms with Crippen molar-refractivity contribution in [2.45, 2.75) is 39.3 Å². The van der Waals surface area contributed by atoms with Gasteiger partial charge in [-0.05, 0) is 24.2 Å². The average molecular weight is 249 g/mol. The number of rotatable bonds is 4. The molecular formula is C14H23N3O. The second kappa shape index (κ2) is 4.35. The first kappa shape index (κ1) is 12.2. The van der Waals surface area contributed by atoms with E-state index in [-0.39, 0.29) is 6.04 Å². The van der Waals surface area contributed by atoms with Crippen molar-refractivity contribution < 1.29 is 4.74 Å². The van der Waals surface area contributed by atoms with E-state index in [4.69, 9.17) is 10.5 Å². The lowest BCUT2D eigenvalue weighted by Crippen LogP contribution is -2.24. The van der Waals surface area contributed by atoms with Gasteiger partial charge in [-0.2, -0.15) is 0 Å². The third kappa shape index (κ3) is 2.19. The average Bonchev–Trinajstić information content (AvgIpc) is 2.84. The zero-order valence-corrected chi connectivity index (χ0v) is 11.3. The first-order valence-electron chi connectivity index (χ1n) is 6.91. The summed E-state index contributed by atoms with van der Waals surface area (Å²) >= 11 is 0. The zero-order chi connectivity index (χ0) is 12.8. The first-order valence-corrected chi connectivity index (χ1v) is 6.91. The number of ether oxygens (including phenoxy) is 1. The van der Waals surface area contributed by atoms with Crippen molar-refractivity contribution in [3.05, 3.63) is 18.2 Å². The van der Waals surface area contributed by atoms with Crippen molar-refractivity contribution >= 4 is 0 Å². The summed E-state index contributed by atoms with van der Waals surface area (Å²) in [5.74, 6) is 1.23. The van der Waals surface area contributed by atoms with Crippen LogP contribution in [0.3, 0.4) is 0 Å². The Balaban J connectivity index is 1.70. The molecule has 1 aliphatic carbocycles. The topological polar surface area (TPSA) is 53.1 Å². The highest BCUT2D eigenvalue weighted by atomic mass is 16.5. The first-order chi connectivity index (χ1) is 8.58. The maximum Gasteiger partial charge on any atom is 0.0948 e. The van der Waals surface area contributed by atoms with Gasteiger partial charge in [0.15, 0.2) is 0 Å². The Kier molecular flexibility index (Phi) is 2.94. The monoisotopic (exact) mass is 249 g/mol. The van der Waals surface area contributed by atoms with Gasteiger partial charge in [0.05, 0.1) is 24.7 Å². The highest BCUT2D eigenvalue weighted by molar-refractivity contribution is 5.08. The Labute approximate surface area is 109 Å². The van der Waals surface area contributed by atoms with Crippen molar-refractivity contribution in [2.24, 2.45) is 23.0 Å². The smallest absolute Gasteiger partial charge is 0.0948 e. The van der Waals surface area contributed by atoms with Gasteiger partial charge < -0.3 is 15.0 Å². The summed E-state index contributed by atoms with van der Waals surface area (Å²) in [4.78, 5) is 4.29. The van der Waals surface area contributed by atoms with E-state index in [2.05, 4.69) is 23.4 Å². The lowest BCUT2D eigenvalue weighted by atomic mass is 9.97. The second-order valence-corrected chi connectivity index (χ2v) is 6.51. The molecule has 1 aromatic heterocycles. The summed E-state index contributed by atoms with van der Waals surface area (Å²) < 4.78 is 7.69. The van der Waals surface area contributed by atoms with E-state index in [1.165, 1.54) is 12.1 Å². The van der Waals surface area contributed by atoms with Crippen LogP contribution < -0.4 is 5.73 Å². The molecule has 0 bridgehead atoms. The molecule has 2 heterocycles. The minimum atomic E-state index is 0.0665. The number of nitrogens with zero attached hydrogens (tertiary/aromatic N) is 2. The Bertz CT molecular complexity index is 420. The number of hydrogen-bond acceptors (Lipinski definition) is 3. The lowest BCUT2D eigenvalue weighted by molar-refractivity contribution is 0.180. The van der Waals surface area contributed by atoms with Crippen LogP contribution in [-0.4, -0.2) is 22.8 Å². The molecule has 3 rings (SSSR count). The molecule has 1 aliphatic heterocycles. The fourth-order valence-corrected chi connectivity index (χ4v) is 2.96. The van der Waals surface area contributed by atoms with Gasteiger partial charge in [-0.25, -0.2) is 4.98 Å². The van der Waals surface area contributed by atoms with E-state index < -0.39 is 0 Å². The van der Waals surface area contributed by atoms with Crippen molar-refractivity contribution in [2.75, 3.05) is 13.2 Å². The summed E-state index contributed by atoms with van der Waals surface area (Å²) in [6.45, 7) is 7.37. The van der Waals surface area contributed by atoms with Crippen LogP contribution in [0.2, 0.25) is 0 Å². The van der Waals surface area contributed by atoms with Crippen LogP contribution in [0, 0.1) is 17.3 Å². The molecular weight excluding hydrogens is 226 g/mol. The van der Waals surface area contributed by atoms with Gasteiger partial charge in [-0.3, -0.25) is 0 Å². The van der Waals surface area contributed by atoms with Crippen LogP contribution in [0.15, 0.2) is 12.5 Å². The van der Waals surface area contributed by atoms with Crippen LogP contribution in [-0.2, 0) is 11.3 Å². The molecule has 0 spiro atoms. The van der Waals surface area contributed by atoms with Gasteiger partial charge in [-0.15, -0.1) is 0 Å². The van der Waals surface area contributed by atoms with Crippen LogP contribution in [0.4, 0.5) is 0 Å². The van der Waals surface area contributed by atoms with Crippen molar-refractivity contribution in [1.29, 1.82) is 0 Å². The molecule has 2 N–H and O–H groups in total. The van der Waals surface area contributed by atoms with Gasteiger partial charge in [-0.1, -0.05) is 13.8 Å². The summed E-state index contributed by atoms with van der Waals surface area (Å²) in [6.07, 6.45) is 6.24. The highest BCUT2D eigenvalue weighted by Crippen LogP contribution is 2.52. The number of aromatic nitrogens is 2. The molecule has 3 unspecified atom stereocenters. The normalized spacial score (nSPS) is 31.5. The van der Waals surface area contributed by atoms with E-state index in [1.54, 1.807) is 0 Å². The fraction of sp³-hybridized carbons (Fsp3) is 0.786. The standard InChI is InChI=1S/C14H23N3O/c1-14(2)5-11(14)7-17-9-16-6-12(17)13(15)10-3-4-18-8-10/h6,9-11,13H,3-5,7-8,15H2,1-2H3. The summed E-state index contributed by atoms with van der Waals surface area (Å²) in [6, 6.07) is 0.0665. The molecule has 4 nitrogen and oxygen atoms in total.